The van der Waals surface area contributed by atoms with E-state index in [1.54, 1.807) is 19.1 Å². The van der Waals surface area contributed by atoms with Gasteiger partial charge in [0.2, 0.25) is 11.8 Å². The van der Waals surface area contributed by atoms with Crippen molar-refractivity contribution in [1.29, 1.82) is 0 Å². The van der Waals surface area contributed by atoms with Gasteiger partial charge >= 0.3 is 0 Å². The molecule has 0 aliphatic carbocycles. The summed E-state index contributed by atoms with van der Waals surface area (Å²) >= 11 is 3.29. The summed E-state index contributed by atoms with van der Waals surface area (Å²) in [5.74, 6) is -0.932. The largest absolute Gasteiger partial charge is 0.299 e. The molecule has 1 aliphatic heterocycles. The topological polar surface area (TPSA) is 58.2 Å². The standard InChI is InChI=1S/C13H14BrFN2O2/c1-7(9-6-8(14)2-3-10(9)15)16-11-4-5-12(18)17-13(11)19/h2-3,6-7,11,16H,4-5H2,1H3,(H,17,18,19). The van der Waals surface area contributed by atoms with E-state index in [4.69, 9.17) is 0 Å². The maximum absolute atomic E-state index is 13.7. The molecule has 2 unspecified atom stereocenters. The Morgan fingerprint density at radius 3 is 2.89 bits per heavy atom. The van der Waals surface area contributed by atoms with E-state index in [2.05, 4.69) is 26.6 Å². The van der Waals surface area contributed by atoms with Crippen LogP contribution in [-0.4, -0.2) is 17.9 Å². The van der Waals surface area contributed by atoms with Gasteiger partial charge in [0.05, 0.1) is 6.04 Å². The molecule has 0 saturated carbocycles. The summed E-state index contributed by atoms with van der Waals surface area (Å²) in [6, 6.07) is 3.89. The number of carbonyl (C=O) groups is 2. The van der Waals surface area contributed by atoms with Gasteiger partial charge in [-0.3, -0.25) is 20.2 Å². The van der Waals surface area contributed by atoms with E-state index in [1.165, 1.54) is 6.07 Å². The first-order valence-corrected chi connectivity index (χ1v) is 6.81. The monoisotopic (exact) mass is 328 g/mol. The van der Waals surface area contributed by atoms with Crippen LogP contribution < -0.4 is 10.6 Å². The van der Waals surface area contributed by atoms with E-state index in [-0.39, 0.29) is 23.7 Å². The molecule has 1 aromatic carbocycles. The van der Waals surface area contributed by atoms with Gasteiger partial charge in [-0.05, 0) is 31.5 Å². The lowest BCUT2D eigenvalue weighted by molar-refractivity contribution is -0.134. The third-order valence-corrected chi connectivity index (χ3v) is 3.61. The lowest BCUT2D eigenvalue weighted by Crippen LogP contribution is -2.51. The minimum Gasteiger partial charge on any atom is -0.299 e. The molecule has 102 valence electrons. The van der Waals surface area contributed by atoms with E-state index in [0.29, 0.717) is 18.4 Å². The number of carbonyl (C=O) groups excluding carboxylic acids is 2. The van der Waals surface area contributed by atoms with Gasteiger partial charge in [0, 0.05) is 22.5 Å². The molecule has 0 bridgehead atoms. The van der Waals surface area contributed by atoms with Gasteiger partial charge in [-0.15, -0.1) is 0 Å². The molecule has 0 aromatic heterocycles. The van der Waals surface area contributed by atoms with Crippen LogP contribution in [0.4, 0.5) is 4.39 Å². The smallest absolute Gasteiger partial charge is 0.243 e. The summed E-state index contributed by atoms with van der Waals surface area (Å²) in [6.45, 7) is 1.79. The molecular formula is C13H14BrFN2O2. The van der Waals surface area contributed by atoms with Crippen LogP contribution >= 0.6 is 15.9 Å². The molecule has 19 heavy (non-hydrogen) atoms. The number of nitrogens with one attached hydrogen (secondary N) is 2. The van der Waals surface area contributed by atoms with Gasteiger partial charge in [-0.2, -0.15) is 0 Å². The Labute approximate surface area is 118 Å². The van der Waals surface area contributed by atoms with Crippen molar-refractivity contribution in [3.63, 3.8) is 0 Å². The van der Waals surface area contributed by atoms with E-state index in [9.17, 15) is 14.0 Å². The summed E-state index contributed by atoms with van der Waals surface area (Å²) in [4.78, 5) is 22.7. The van der Waals surface area contributed by atoms with Crippen molar-refractivity contribution in [3.05, 3.63) is 34.1 Å². The summed E-state index contributed by atoms with van der Waals surface area (Å²) in [5, 5.41) is 5.32. The lowest BCUT2D eigenvalue weighted by Gasteiger charge is -2.26. The quantitative estimate of drug-likeness (QED) is 0.835. The Morgan fingerprint density at radius 2 is 2.21 bits per heavy atom. The van der Waals surface area contributed by atoms with Crippen LogP contribution in [0.1, 0.15) is 31.4 Å². The third-order valence-electron chi connectivity index (χ3n) is 3.11. The Hall–Kier alpha value is -1.27. The second-order valence-corrected chi connectivity index (χ2v) is 5.47. The van der Waals surface area contributed by atoms with Gasteiger partial charge in [-0.1, -0.05) is 15.9 Å². The predicted molar refractivity (Wildman–Crippen MR) is 71.8 cm³/mol. The van der Waals surface area contributed by atoms with Crippen LogP contribution in [-0.2, 0) is 9.59 Å². The number of hydrogen-bond acceptors (Lipinski definition) is 3. The van der Waals surface area contributed by atoms with Crippen molar-refractivity contribution in [2.24, 2.45) is 0 Å². The average Bonchev–Trinajstić information content (AvgIpc) is 2.35. The number of piperidine rings is 1. The molecule has 2 N–H and O–H groups in total. The van der Waals surface area contributed by atoms with Crippen LogP contribution in [0.3, 0.4) is 0 Å². The maximum Gasteiger partial charge on any atom is 0.243 e. The number of imide groups is 1. The third kappa shape index (κ3) is 3.39. The number of rotatable bonds is 3. The fourth-order valence-electron chi connectivity index (χ4n) is 2.09. The summed E-state index contributed by atoms with van der Waals surface area (Å²) in [5.41, 5.74) is 0.485. The molecule has 1 saturated heterocycles. The normalized spacial score (nSPS) is 21.1. The number of hydrogen-bond donors (Lipinski definition) is 2. The number of amides is 2. The van der Waals surface area contributed by atoms with Crippen molar-refractivity contribution in [2.45, 2.75) is 31.8 Å². The molecule has 1 aliphatic rings. The van der Waals surface area contributed by atoms with Crippen molar-refractivity contribution in [1.82, 2.24) is 10.6 Å². The van der Waals surface area contributed by atoms with Crippen LogP contribution in [0.15, 0.2) is 22.7 Å². The second-order valence-electron chi connectivity index (χ2n) is 4.56. The molecule has 1 heterocycles. The first-order chi connectivity index (χ1) is 8.97. The molecule has 2 rings (SSSR count). The molecular weight excluding hydrogens is 315 g/mol. The number of benzene rings is 1. The molecule has 0 radical (unpaired) electrons. The molecule has 4 nitrogen and oxygen atoms in total. The van der Waals surface area contributed by atoms with Gasteiger partial charge in [0.25, 0.3) is 0 Å². The average molecular weight is 329 g/mol. The van der Waals surface area contributed by atoms with Gasteiger partial charge < -0.3 is 0 Å². The van der Waals surface area contributed by atoms with Crippen LogP contribution in [0.5, 0.6) is 0 Å². The molecule has 1 aromatic rings. The SMILES string of the molecule is CC(NC1CCC(=O)NC1=O)c1cc(Br)ccc1F. The van der Waals surface area contributed by atoms with Crippen LogP contribution in [0, 0.1) is 5.82 Å². The first-order valence-electron chi connectivity index (χ1n) is 6.02. The second kappa shape index (κ2) is 5.79. The van der Waals surface area contributed by atoms with Crippen molar-refractivity contribution in [2.75, 3.05) is 0 Å². The maximum atomic E-state index is 13.7. The first kappa shape index (κ1) is 14.1. The Balaban J connectivity index is 2.08. The van der Waals surface area contributed by atoms with Gasteiger partial charge in [0.1, 0.15) is 5.82 Å². The van der Waals surface area contributed by atoms with Crippen molar-refractivity contribution >= 4 is 27.7 Å². The minimum atomic E-state index is -0.467. The highest BCUT2D eigenvalue weighted by Crippen LogP contribution is 2.22. The predicted octanol–water partition coefficient (Wildman–Crippen LogP) is 2.04. The highest BCUT2D eigenvalue weighted by molar-refractivity contribution is 9.10. The molecule has 2 amide bonds. The van der Waals surface area contributed by atoms with Crippen LogP contribution in [0.2, 0.25) is 0 Å². The van der Waals surface area contributed by atoms with E-state index in [0.717, 1.165) is 4.47 Å². The molecule has 0 spiro atoms. The molecule has 6 heteroatoms. The minimum absolute atomic E-state index is 0.260. The number of halogens is 2. The highest BCUT2D eigenvalue weighted by Gasteiger charge is 2.28. The molecule has 2 atom stereocenters. The van der Waals surface area contributed by atoms with Crippen LogP contribution in [0.25, 0.3) is 0 Å². The lowest BCUT2D eigenvalue weighted by atomic mass is 10.0. The van der Waals surface area contributed by atoms with E-state index >= 15 is 0 Å². The zero-order valence-electron chi connectivity index (χ0n) is 10.4. The highest BCUT2D eigenvalue weighted by atomic mass is 79.9. The summed E-state index contributed by atoms with van der Waals surface area (Å²) < 4.78 is 14.5. The fourth-order valence-corrected chi connectivity index (χ4v) is 2.47. The summed E-state index contributed by atoms with van der Waals surface area (Å²) in [6.07, 6.45) is 0.738. The Bertz CT molecular complexity index is 521. The summed E-state index contributed by atoms with van der Waals surface area (Å²) in [7, 11) is 0. The van der Waals surface area contributed by atoms with Gasteiger partial charge in [-0.25, -0.2) is 4.39 Å². The Morgan fingerprint density at radius 1 is 1.47 bits per heavy atom. The van der Waals surface area contributed by atoms with E-state index < -0.39 is 6.04 Å². The molecule has 1 fully saturated rings. The van der Waals surface area contributed by atoms with Crippen molar-refractivity contribution in [3.8, 4) is 0 Å². The fraction of sp³-hybridized carbons (Fsp3) is 0.385. The zero-order valence-corrected chi connectivity index (χ0v) is 12.0. The van der Waals surface area contributed by atoms with Crippen molar-refractivity contribution < 1.29 is 14.0 Å². The Kier molecular flexibility index (Phi) is 4.31. The van der Waals surface area contributed by atoms with E-state index in [1.807, 2.05) is 0 Å². The van der Waals surface area contributed by atoms with Gasteiger partial charge in [0.15, 0.2) is 0 Å². The zero-order chi connectivity index (χ0) is 14.0.